The van der Waals surface area contributed by atoms with Gasteiger partial charge in [0.15, 0.2) is 5.17 Å². The Balaban J connectivity index is 3.00. The molecular weight excluding hydrogens is 186 g/mol. The lowest BCUT2D eigenvalue weighted by molar-refractivity contribution is -0.138. The number of thioether (sulfide) groups is 1. The molecule has 0 aliphatic carbocycles. The first-order valence-electron chi connectivity index (χ1n) is 4.06. The van der Waals surface area contributed by atoms with Gasteiger partial charge in [0.05, 0.1) is 0 Å². The first kappa shape index (κ1) is 10.5. The minimum atomic E-state index is -0.609. The zero-order valence-electron chi connectivity index (χ0n) is 8.66. The Labute approximate surface area is 83.0 Å². The lowest BCUT2D eigenvalue weighted by Gasteiger charge is -2.25. The van der Waals surface area contributed by atoms with E-state index in [-0.39, 0.29) is 5.91 Å². The van der Waals surface area contributed by atoms with Gasteiger partial charge in [-0.15, -0.1) is 0 Å². The van der Waals surface area contributed by atoms with Crippen LogP contribution in [0.4, 0.5) is 0 Å². The molecule has 1 aliphatic heterocycles. The summed E-state index contributed by atoms with van der Waals surface area (Å²) in [6.45, 7) is 3.66. The van der Waals surface area contributed by atoms with Gasteiger partial charge in [0.25, 0.3) is 5.91 Å². The average molecular weight is 201 g/mol. The van der Waals surface area contributed by atoms with Crippen molar-refractivity contribution in [3.63, 3.8) is 0 Å². The van der Waals surface area contributed by atoms with E-state index in [2.05, 4.69) is 4.99 Å². The molecule has 4 nitrogen and oxygen atoms in total. The molecule has 0 bridgehead atoms. The van der Waals surface area contributed by atoms with E-state index in [1.807, 2.05) is 34.2 Å². The molecule has 0 aromatic carbocycles. The van der Waals surface area contributed by atoms with Gasteiger partial charge in [-0.1, -0.05) is 11.8 Å². The Kier molecular flexibility index (Phi) is 2.68. The van der Waals surface area contributed by atoms with E-state index in [1.54, 1.807) is 10.0 Å². The smallest absolute Gasteiger partial charge is 0.270 e. The van der Waals surface area contributed by atoms with E-state index in [0.717, 1.165) is 5.17 Å². The maximum atomic E-state index is 11.8. The summed E-state index contributed by atoms with van der Waals surface area (Å²) in [4.78, 5) is 16.1. The highest BCUT2D eigenvalue weighted by Crippen LogP contribution is 2.26. The summed E-state index contributed by atoms with van der Waals surface area (Å²) in [5.41, 5.74) is -0.609. The van der Waals surface area contributed by atoms with Crippen molar-refractivity contribution < 1.29 is 4.79 Å². The van der Waals surface area contributed by atoms with Crippen LogP contribution in [0, 0.1) is 0 Å². The molecule has 1 amide bonds. The quantitative estimate of drug-likeness (QED) is 0.629. The molecule has 1 heterocycles. The van der Waals surface area contributed by atoms with E-state index < -0.39 is 5.54 Å². The second-order valence-corrected chi connectivity index (χ2v) is 4.40. The fourth-order valence-corrected chi connectivity index (χ4v) is 1.90. The topological polar surface area (TPSA) is 35.9 Å². The van der Waals surface area contributed by atoms with Crippen LogP contribution in [0.3, 0.4) is 0 Å². The summed E-state index contributed by atoms with van der Waals surface area (Å²) in [5.74, 6) is 0.0295. The van der Waals surface area contributed by atoms with Crippen molar-refractivity contribution in [2.45, 2.75) is 19.4 Å². The number of aliphatic imine (C=N–C) groups is 1. The number of amidine groups is 1. The number of nitrogens with zero attached hydrogens (tertiary/aromatic N) is 3. The molecule has 0 aromatic heterocycles. The standard InChI is InChI=1S/C8H15N3OS/c1-8(2)6(12)11(10(3)4)7(9-8)13-5/h1-5H3. The SMILES string of the molecule is CSC1=NC(C)(C)C(=O)N1N(C)C. The first-order valence-corrected chi connectivity index (χ1v) is 5.28. The number of rotatable bonds is 1. The van der Waals surface area contributed by atoms with E-state index in [4.69, 9.17) is 0 Å². The number of carbonyl (C=O) groups excluding carboxylic acids is 1. The third-order valence-corrected chi connectivity index (χ3v) is 2.48. The highest BCUT2D eigenvalue weighted by atomic mass is 32.2. The van der Waals surface area contributed by atoms with E-state index >= 15 is 0 Å². The molecule has 0 atom stereocenters. The van der Waals surface area contributed by atoms with Gasteiger partial charge in [-0.3, -0.25) is 4.79 Å². The predicted octanol–water partition coefficient (Wildman–Crippen LogP) is 0.803. The van der Waals surface area contributed by atoms with Gasteiger partial charge < -0.3 is 0 Å². The minimum absolute atomic E-state index is 0.0295. The molecule has 0 fully saturated rings. The van der Waals surface area contributed by atoms with Crippen molar-refractivity contribution in [1.29, 1.82) is 0 Å². The van der Waals surface area contributed by atoms with Crippen LogP contribution in [0.1, 0.15) is 13.8 Å². The van der Waals surface area contributed by atoms with Gasteiger partial charge in [0, 0.05) is 14.1 Å². The third-order valence-electron chi connectivity index (χ3n) is 1.85. The summed E-state index contributed by atoms with van der Waals surface area (Å²) in [6, 6.07) is 0. The van der Waals surface area contributed by atoms with Gasteiger partial charge in [0.1, 0.15) is 5.54 Å². The molecule has 0 radical (unpaired) electrons. The molecule has 0 unspecified atom stereocenters. The Hall–Kier alpha value is -0.550. The van der Waals surface area contributed by atoms with E-state index in [1.165, 1.54) is 11.8 Å². The maximum Gasteiger partial charge on any atom is 0.270 e. The summed E-state index contributed by atoms with van der Waals surface area (Å²) in [6.07, 6.45) is 1.92. The van der Waals surface area contributed by atoms with Crippen molar-refractivity contribution in [2.24, 2.45) is 4.99 Å². The van der Waals surface area contributed by atoms with Crippen LogP contribution in [0.15, 0.2) is 4.99 Å². The Morgan fingerprint density at radius 2 is 2.00 bits per heavy atom. The molecule has 0 N–H and O–H groups in total. The first-order chi connectivity index (χ1) is 5.90. The zero-order chi connectivity index (χ0) is 10.2. The van der Waals surface area contributed by atoms with Crippen molar-refractivity contribution >= 4 is 22.8 Å². The molecule has 1 rings (SSSR count). The molecule has 0 saturated heterocycles. The number of carbonyl (C=O) groups is 1. The van der Waals surface area contributed by atoms with Crippen molar-refractivity contribution in [2.75, 3.05) is 20.4 Å². The molecule has 0 saturated carbocycles. The lowest BCUT2D eigenvalue weighted by atomic mass is 10.1. The van der Waals surface area contributed by atoms with E-state index in [0.29, 0.717) is 0 Å². The van der Waals surface area contributed by atoms with Gasteiger partial charge >= 0.3 is 0 Å². The van der Waals surface area contributed by atoms with Crippen LogP contribution in [0.2, 0.25) is 0 Å². The molecule has 0 aromatic rings. The highest BCUT2D eigenvalue weighted by Gasteiger charge is 2.41. The fraction of sp³-hybridized carbons (Fsp3) is 0.750. The van der Waals surface area contributed by atoms with Crippen LogP contribution in [-0.4, -0.2) is 47.0 Å². The van der Waals surface area contributed by atoms with Crippen LogP contribution in [0.5, 0.6) is 0 Å². The zero-order valence-corrected chi connectivity index (χ0v) is 9.47. The molecular formula is C8H15N3OS. The number of amides is 1. The second-order valence-electron chi connectivity index (χ2n) is 3.62. The number of hydrazine groups is 1. The molecule has 0 spiro atoms. The Morgan fingerprint density at radius 3 is 2.31 bits per heavy atom. The normalized spacial score (nSPS) is 21.2. The third kappa shape index (κ3) is 1.71. The van der Waals surface area contributed by atoms with Crippen molar-refractivity contribution in [1.82, 2.24) is 10.0 Å². The van der Waals surface area contributed by atoms with Gasteiger partial charge in [-0.25, -0.2) is 15.0 Å². The fourth-order valence-electron chi connectivity index (χ4n) is 1.17. The Bertz CT molecular complexity index is 260. The largest absolute Gasteiger partial charge is 0.270 e. The predicted molar refractivity (Wildman–Crippen MR) is 55.6 cm³/mol. The monoisotopic (exact) mass is 201 g/mol. The molecule has 74 valence electrons. The number of hydrogen-bond donors (Lipinski definition) is 0. The highest BCUT2D eigenvalue weighted by molar-refractivity contribution is 8.13. The number of hydrogen-bond acceptors (Lipinski definition) is 4. The van der Waals surface area contributed by atoms with Crippen LogP contribution in [-0.2, 0) is 4.79 Å². The Morgan fingerprint density at radius 1 is 1.46 bits per heavy atom. The van der Waals surface area contributed by atoms with E-state index in [9.17, 15) is 4.79 Å². The summed E-state index contributed by atoms with van der Waals surface area (Å²) < 4.78 is 0. The van der Waals surface area contributed by atoms with Gasteiger partial charge in [-0.05, 0) is 20.1 Å². The summed E-state index contributed by atoms with van der Waals surface area (Å²) in [7, 11) is 3.68. The maximum absolute atomic E-state index is 11.8. The lowest BCUT2D eigenvalue weighted by Crippen LogP contribution is -2.46. The average Bonchev–Trinajstić information content (AvgIpc) is 2.23. The van der Waals surface area contributed by atoms with Crippen molar-refractivity contribution in [3.8, 4) is 0 Å². The summed E-state index contributed by atoms with van der Waals surface area (Å²) in [5, 5.41) is 4.12. The summed E-state index contributed by atoms with van der Waals surface area (Å²) >= 11 is 1.49. The van der Waals surface area contributed by atoms with Crippen molar-refractivity contribution in [3.05, 3.63) is 0 Å². The van der Waals surface area contributed by atoms with Crippen LogP contribution in [0.25, 0.3) is 0 Å². The van der Waals surface area contributed by atoms with Crippen LogP contribution >= 0.6 is 11.8 Å². The minimum Gasteiger partial charge on any atom is -0.270 e. The second kappa shape index (κ2) is 3.31. The van der Waals surface area contributed by atoms with Gasteiger partial charge in [0.2, 0.25) is 0 Å². The van der Waals surface area contributed by atoms with Gasteiger partial charge in [-0.2, -0.15) is 0 Å². The van der Waals surface area contributed by atoms with Crippen LogP contribution < -0.4 is 0 Å². The molecule has 13 heavy (non-hydrogen) atoms. The molecule has 1 aliphatic rings. The molecule has 5 heteroatoms.